The number of carbonyl (C=O) groups excluding carboxylic acids is 1. The van der Waals surface area contributed by atoms with Crippen LogP contribution in [0.4, 0.5) is 11.6 Å². The van der Waals surface area contributed by atoms with E-state index in [1.165, 1.54) is 26.2 Å². The largest absolute Gasteiger partial charge is 0.460 e. The van der Waals surface area contributed by atoms with Gasteiger partial charge < -0.3 is 45.5 Å². The number of aliphatic hydroxyl groups excluding tert-OH is 3. The zero-order chi connectivity index (χ0) is 38.7. The number of aliphatic hydroxyl groups is 3. The first-order valence-corrected chi connectivity index (χ1v) is 19.3. The molecule has 2 aliphatic heterocycles. The van der Waals surface area contributed by atoms with Gasteiger partial charge in [0.1, 0.15) is 48.3 Å². The van der Waals surface area contributed by atoms with E-state index in [1.807, 2.05) is 30.3 Å². The minimum atomic E-state index is -3.42. The first-order chi connectivity index (χ1) is 25.7. The van der Waals surface area contributed by atoms with Gasteiger partial charge in [-0.3, -0.25) is 18.5 Å². The van der Waals surface area contributed by atoms with Gasteiger partial charge in [-0.1, -0.05) is 30.3 Å². The second-order valence-electron chi connectivity index (χ2n) is 12.5. The van der Waals surface area contributed by atoms with E-state index in [2.05, 4.69) is 35.0 Å². The summed E-state index contributed by atoms with van der Waals surface area (Å²) < 4.78 is 38.3. The van der Waals surface area contributed by atoms with Crippen molar-refractivity contribution in [2.45, 2.75) is 69.3 Å². The van der Waals surface area contributed by atoms with Crippen LogP contribution in [0.15, 0.2) is 43.0 Å². The van der Waals surface area contributed by atoms with E-state index in [4.69, 9.17) is 58.5 Å². The zero-order valence-corrected chi connectivity index (χ0v) is 34.7. The van der Waals surface area contributed by atoms with Crippen molar-refractivity contribution in [1.82, 2.24) is 44.1 Å². The van der Waals surface area contributed by atoms with Gasteiger partial charge in [0, 0.05) is 52.2 Å². The predicted octanol–water partition coefficient (Wildman–Crippen LogP) is 1.97. The van der Waals surface area contributed by atoms with Crippen LogP contribution >= 0.6 is 30.7 Å². The van der Waals surface area contributed by atoms with Gasteiger partial charge in [-0.15, -0.1) is 0 Å². The van der Waals surface area contributed by atoms with Gasteiger partial charge in [0.2, 0.25) is 10.6 Å². The number of fused-ring (bicyclic) bond motifs is 2. The number of hydrogen-bond acceptors (Lipinski definition) is 17. The Kier molecular flexibility index (Phi) is 14.5. The van der Waals surface area contributed by atoms with Gasteiger partial charge in [-0.05, 0) is 35.7 Å². The molecule has 3 unspecified atom stereocenters. The predicted molar refractivity (Wildman–Crippen MR) is 194 cm³/mol. The fourth-order valence-electron chi connectivity index (χ4n) is 5.84. The molecule has 2 aliphatic rings. The number of nitrogens with zero attached hydrogens (tertiary/aromatic N) is 8. The molecule has 0 amide bonds. The van der Waals surface area contributed by atoms with Gasteiger partial charge in [-0.25, -0.2) is 15.1 Å². The maximum absolute atomic E-state index is 12.9. The van der Waals surface area contributed by atoms with E-state index in [1.54, 1.807) is 9.13 Å². The molecule has 5 aromatic rings. The maximum Gasteiger partial charge on any atom is 0.323 e. The standard InChI is InChI=1S/C21H26ClN6O6P.C10H12ClN5O3.Y/c1-12(20(30)32-9-13-6-4-3-5-7-13)27-35(2,31)33-10-15-14(29)8-16(34-15)28-11-24-17-18(23)25-21(22)26-19(17)28;11-10-14-8(12)7-9(15-10)16(3-13-7)6-1-4(18)5(2-17)19-6;/h3-7,11-12,14-16,29H,8-10H2,1-2H3,(H,27,31)(H2,23,25,26);3-6,17-18H,1-2H2,(H2,12,14,15);/t12-,14?,15+,16+,35?;4?,5-,6-;/m01./s1. The Morgan fingerprint density at radius 2 is 1.45 bits per heavy atom. The molecule has 55 heavy (non-hydrogen) atoms. The molecule has 0 bridgehead atoms. The number of halogens is 2. The molecule has 0 aliphatic carbocycles. The van der Waals surface area contributed by atoms with Crippen molar-refractivity contribution >= 4 is 70.7 Å². The van der Waals surface area contributed by atoms with E-state index in [-0.39, 0.29) is 81.2 Å². The normalized spacial score (nSPS) is 23.8. The molecule has 20 nitrogen and oxygen atoms in total. The first-order valence-electron chi connectivity index (χ1n) is 16.5. The minimum absolute atomic E-state index is 0. The number of nitrogens with one attached hydrogen (secondary N) is 1. The monoisotopic (exact) mass is 898 g/mol. The molecule has 0 saturated carbocycles. The molecule has 293 valence electrons. The Morgan fingerprint density at radius 1 is 0.945 bits per heavy atom. The average Bonchev–Trinajstić information content (AvgIpc) is 3.91. The van der Waals surface area contributed by atoms with Gasteiger partial charge >= 0.3 is 5.97 Å². The van der Waals surface area contributed by atoms with Crippen LogP contribution in [-0.2, 0) is 67.4 Å². The van der Waals surface area contributed by atoms with Crippen LogP contribution < -0.4 is 16.6 Å². The number of rotatable bonds is 11. The van der Waals surface area contributed by atoms with Crippen molar-refractivity contribution in [2.75, 3.05) is 31.3 Å². The van der Waals surface area contributed by atoms with Crippen LogP contribution in [0.3, 0.4) is 0 Å². The molecule has 1 radical (unpaired) electrons. The third-order valence-corrected chi connectivity index (χ3v) is 10.4. The molecule has 24 heteroatoms. The van der Waals surface area contributed by atoms with Crippen molar-refractivity contribution in [3.63, 3.8) is 0 Å². The number of carbonyl (C=O) groups is 1. The van der Waals surface area contributed by atoms with Crippen LogP contribution in [0.1, 0.15) is 37.8 Å². The quantitative estimate of drug-likeness (QED) is 0.0628. The Labute approximate surface area is 348 Å². The summed E-state index contributed by atoms with van der Waals surface area (Å²) in [7, 11) is -3.42. The number of nitrogen functional groups attached to an aromatic ring is 2. The van der Waals surface area contributed by atoms with Crippen LogP contribution in [0, 0.1) is 0 Å². The van der Waals surface area contributed by atoms with Gasteiger partial charge in [-0.2, -0.15) is 19.9 Å². The number of aromatic nitrogens is 8. The summed E-state index contributed by atoms with van der Waals surface area (Å²) in [5.41, 5.74) is 14.0. The SMILES string of the molecule is C[C@H](NP(C)(=O)OC[C@H]1O[C@@H](n2cnc3c(N)nc(Cl)nc32)CC1O)C(=O)OCc1ccccc1.Nc1nc(Cl)nc2c1ncn2[C@H]1CC(O)[C@@H](CO)O1.[Y]. The summed E-state index contributed by atoms with van der Waals surface area (Å²) >= 11 is 11.7. The smallest absolute Gasteiger partial charge is 0.323 e. The number of esters is 1. The van der Waals surface area contributed by atoms with Crippen molar-refractivity contribution in [2.24, 2.45) is 0 Å². The number of nitrogens with two attached hydrogens (primary N) is 2. The molecule has 2 fully saturated rings. The summed E-state index contributed by atoms with van der Waals surface area (Å²) in [5, 5.41) is 31.9. The summed E-state index contributed by atoms with van der Waals surface area (Å²) in [4.78, 5) is 36.5. The minimum Gasteiger partial charge on any atom is -0.460 e. The number of benzene rings is 1. The fraction of sp³-hybridized carbons (Fsp3) is 0.452. The molecule has 4 aromatic heterocycles. The second kappa shape index (κ2) is 18.5. The molecule has 0 spiro atoms. The summed E-state index contributed by atoms with van der Waals surface area (Å²) in [6, 6.07) is 8.35. The van der Waals surface area contributed by atoms with Crippen molar-refractivity contribution in [3.05, 3.63) is 59.1 Å². The van der Waals surface area contributed by atoms with E-state index < -0.39 is 56.4 Å². The van der Waals surface area contributed by atoms with Gasteiger partial charge in [0.25, 0.3) is 7.52 Å². The summed E-state index contributed by atoms with van der Waals surface area (Å²) in [6.45, 7) is 2.57. The van der Waals surface area contributed by atoms with E-state index in [0.29, 0.717) is 28.7 Å². The molecule has 8 N–H and O–H groups in total. The average molecular weight is 899 g/mol. The summed E-state index contributed by atoms with van der Waals surface area (Å²) in [5.74, 6) is -0.249. The van der Waals surface area contributed by atoms with Crippen molar-refractivity contribution < 1.29 is 76.1 Å². The molecule has 2 saturated heterocycles. The molecule has 6 heterocycles. The Morgan fingerprint density at radius 3 is 1.96 bits per heavy atom. The second-order valence-corrected chi connectivity index (χ2v) is 15.4. The molecular weight excluding hydrogens is 861 g/mol. The Bertz CT molecular complexity index is 2150. The molecular formula is C31H38Cl2N11O9PY. The topological polar surface area (TPSA) is 283 Å². The first kappa shape index (κ1) is 43.2. The van der Waals surface area contributed by atoms with E-state index in [0.717, 1.165) is 5.56 Å². The van der Waals surface area contributed by atoms with Crippen molar-refractivity contribution in [1.29, 1.82) is 0 Å². The number of hydrogen-bond donors (Lipinski definition) is 6. The molecule has 7 rings (SSSR count). The third kappa shape index (κ3) is 10.3. The Balaban J connectivity index is 0.000000244. The molecule has 8 atom stereocenters. The van der Waals surface area contributed by atoms with Gasteiger partial charge in [0.05, 0.1) is 38.1 Å². The fourth-order valence-corrected chi connectivity index (χ4v) is 7.50. The number of ether oxygens (including phenoxy) is 3. The van der Waals surface area contributed by atoms with E-state index >= 15 is 0 Å². The van der Waals surface area contributed by atoms with E-state index in [9.17, 15) is 19.6 Å². The number of anilines is 2. The van der Waals surface area contributed by atoms with Crippen molar-refractivity contribution in [3.8, 4) is 0 Å². The van der Waals surface area contributed by atoms with Crippen LogP contribution in [0.25, 0.3) is 22.3 Å². The van der Waals surface area contributed by atoms with Crippen LogP contribution in [-0.4, -0.2) is 111 Å². The summed E-state index contributed by atoms with van der Waals surface area (Å²) in [6.07, 6.45) is -0.594. The third-order valence-electron chi connectivity index (χ3n) is 8.54. The van der Waals surface area contributed by atoms with Crippen LogP contribution in [0.2, 0.25) is 10.6 Å². The van der Waals surface area contributed by atoms with Gasteiger partial charge in [0.15, 0.2) is 22.9 Å². The Hall–Kier alpha value is -2.98. The van der Waals surface area contributed by atoms with Crippen LogP contribution in [0.5, 0.6) is 0 Å². The zero-order valence-electron chi connectivity index (χ0n) is 29.4. The number of imidazole rings is 2. The maximum atomic E-state index is 12.9. The molecule has 1 aromatic carbocycles.